The topological polar surface area (TPSA) is 65.1 Å². The van der Waals surface area contributed by atoms with Crippen molar-refractivity contribution >= 4 is 11.9 Å². The van der Waals surface area contributed by atoms with Crippen LogP contribution in [0.3, 0.4) is 0 Å². The SMILES string of the molecule is C[C@@H]1CN(C(=O)COC(=O)c2ccccc2Oc2ccccc2)C[C@@H](C)O1. The van der Waals surface area contributed by atoms with Crippen molar-refractivity contribution in [3.8, 4) is 11.5 Å². The second-order valence-corrected chi connectivity index (χ2v) is 6.54. The van der Waals surface area contributed by atoms with Crippen LogP contribution in [0, 0.1) is 0 Å². The quantitative estimate of drug-likeness (QED) is 0.757. The van der Waals surface area contributed by atoms with Gasteiger partial charge in [0.1, 0.15) is 17.1 Å². The molecule has 0 saturated carbocycles. The van der Waals surface area contributed by atoms with Crippen LogP contribution in [-0.4, -0.2) is 48.7 Å². The van der Waals surface area contributed by atoms with Gasteiger partial charge >= 0.3 is 5.97 Å². The average Bonchev–Trinajstić information content (AvgIpc) is 2.66. The Morgan fingerprint density at radius 3 is 2.33 bits per heavy atom. The Morgan fingerprint density at radius 1 is 1.00 bits per heavy atom. The van der Waals surface area contributed by atoms with Crippen LogP contribution < -0.4 is 4.74 Å². The van der Waals surface area contributed by atoms with Gasteiger partial charge in [-0.2, -0.15) is 0 Å². The summed E-state index contributed by atoms with van der Waals surface area (Å²) in [5.74, 6) is 0.177. The molecule has 1 amide bonds. The fourth-order valence-electron chi connectivity index (χ4n) is 3.02. The number of benzene rings is 2. The van der Waals surface area contributed by atoms with Gasteiger partial charge in [-0.15, -0.1) is 0 Å². The first-order chi connectivity index (χ1) is 13.0. The number of hydrogen-bond acceptors (Lipinski definition) is 5. The van der Waals surface area contributed by atoms with Crippen molar-refractivity contribution in [1.82, 2.24) is 4.90 Å². The first-order valence-electron chi connectivity index (χ1n) is 8.95. The summed E-state index contributed by atoms with van der Waals surface area (Å²) < 4.78 is 16.6. The first kappa shape index (κ1) is 18.9. The van der Waals surface area contributed by atoms with E-state index in [2.05, 4.69) is 0 Å². The molecule has 142 valence electrons. The van der Waals surface area contributed by atoms with Crippen molar-refractivity contribution in [2.45, 2.75) is 26.1 Å². The number of hydrogen-bond donors (Lipinski definition) is 0. The lowest BCUT2D eigenvalue weighted by Crippen LogP contribution is -2.49. The van der Waals surface area contributed by atoms with Crippen molar-refractivity contribution in [1.29, 1.82) is 0 Å². The molecule has 2 atom stereocenters. The first-order valence-corrected chi connectivity index (χ1v) is 8.95. The minimum absolute atomic E-state index is 0.0339. The van der Waals surface area contributed by atoms with Gasteiger partial charge in [-0.25, -0.2) is 4.79 Å². The zero-order valence-electron chi connectivity index (χ0n) is 15.5. The van der Waals surface area contributed by atoms with Crippen LogP contribution in [0.2, 0.25) is 0 Å². The molecule has 0 unspecified atom stereocenters. The number of esters is 1. The normalized spacial score (nSPS) is 19.4. The third-order valence-corrected chi connectivity index (χ3v) is 4.18. The van der Waals surface area contributed by atoms with Gasteiger partial charge < -0.3 is 19.1 Å². The van der Waals surface area contributed by atoms with Crippen LogP contribution in [0.25, 0.3) is 0 Å². The summed E-state index contributed by atoms with van der Waals surface area (Å²) in [6, 6.07) is 16.0. The second-order valence-electron chi connectivity index (χ2n) is 6.54. The van der Waals surface area contributed by atoms with Gasteiger partial charge in [-0.05, 0) is 38.1 Å². The number of ether oxygens (including phenoxy) is 3. The Bertz CT molecular complexity index is 782. The summed E-state index contributed by atoms with van der Waals surface area (Å²) in [6.45, 7) is 4.51. The van der Waals surface area contributed by atoms with E-state index in [4.69, 9.17) is 14.2 Å². The maximum atomic E-state index is 12.5. The highest BCUT2D eigenvalue weighted by molar-refractivity contribution is 5.94. The summed E-state index contributed by atoms with van der Waals surface area (Å²) in [5, 5.41) is 0. The zero-order chi connectivity index (χ0) is 19.2. The molecule has 0 spiro atoms. The fraction of sp³-hybridized carbons (Fsp3) is 0.333. The van der Waals surface area contributed by atoms with E-state index in [1.54, 1.807) is 41.3 Å². The highest BCUT2D eigenvalue weighted by atomic mass is 16.5. The van der Waals surface area contributed by atoms with Gasteiger partial charge in [0.15, 0.2) is 6.61 Å². The summed E-state index contributed by atoms with van der Waals surface area (Å²) in [6.07, 6.45) is -0.0678. The van der Waals surface area contributed by atoms with Crippen LogP contribution in [0.1, 0.15) is 24.2 Å². The van der Waals surface area contributed by atoms with Crippen LogP contribution >= 0.6 is 0 Å². The molecule has 3 rings (SSSR count). The number of carbonyl (C=O) groups is 2. The van der Waals surface area contributed by atoms with E-state index in [1.807, 2.05) is 32.0 Å². The monoisotopic (exact) mass is 369 g/mol. The smallest absolute Gasteiger partial charge is 0.342 e. The second kappa shape index (κ2) is 8.68. The van der Waals surface area contributed by atoms with Crippen LogP contribution in [0.15, 0.2) is 54.6 Å². The van der Waals surface area contributed by atoms with E-state index in [-0.39, 0.29) is 30.3 Å². The lowest BCUT2D eigenvalue weighted by atomic mass is 10.2. The Hall–Kier alpha value is -2.86. The highest BCUT2D eigenvalue weighted by Gasteiger charge is 2.26. The van der Waals surface area contributed by atoms with Gasteiger partial charge in [0, 0.05) is 13.1 Å². The number of rotatable bonds is 5. The molecule has 0 aromatic heterocycles. The van der Waals surface area contributed by atoms with Gasteiger partial charge in [0.25, 0.3) is 5.91 Å². The maximum absolute atomic E-state index is 12.5. The number of carbonyl (C=O) groups excluding carboxylic acids is 2. The molecular weight excluding hydrogens is 346 g/mol. The molecule has 0 radical (unpaired) electrons. The molecule has 1 heterocycles. The molecule has 2 aromatic carbocycles. The molecule has 0 aliphatic carbocycles. The van der Waals surface area contributed by atoms with Gasteiger partial charge in [0.2, 0.25) is 0 Å². The van der Waals surface area contributed by atoms with E-state index in [9.17, 15) is 9.59 Å². The van der Waals surface area contributed by atoms with E-state index < -0.39 is 5.97 Å². The molecule has 2 aromatic rings. The minimum Gasteiger partial charge on any atom is -0.456 e. The summed E-state index contributed by atoms with van der Waals surface area (Å²) in [4.78, 5) is 26.5. The van der Waals surface area contributed by atoms with Crippen molar-refractivity contribution in [3.63, 3.8) is 0 Å². The van der Waals surface area contributed by atoms with Gasteiger partial charge in [-0.3, -0.25) is 4.79 Å². The molecule has 1 aliphatic heterocycles. The average molecular weight is 369 g/mol. The Morgan fingerprint density at radius 2 is 1.63 bits per heavy atom. The van der Waals surface area contributed by atoms with Crippen molar-refractivity contribution in [2.24, 2.45) is 0 Å². The van der Waals surface area contributed by atoms with E-state index >= 15 is 0 Å². The molecule has 1 aliphatic rings. The van der Waals surface area contributed by atoms with Crippen molar-refractivity contribution in [3.05, 3.63) is 60.2 Å². The Balaban J connectivity index is 1.62. The molecule has 1 saturated heterocycles. The number of morpholine rings is 1. The van der Waals surface area contributed by atoms with Crippen LogP contribution in [0.5, 0.6) is 11.5 Å². The lowest BCUT2D eigenvalue weighted by molar-refractivity contribution is -0.146. The van der Waals surface area contributed by atoms with Crippen molar-refractivity contribution in [2.75, 3.05) is 19.7 Å². The van der Waals surface area contributed by atoms with E-state index in [0.717, 1.165) is 0 Å². The molecule has 6 heteroatoms. The number of amides is 1. The molecular formula is C21H23NO5. The molecule has 6 nitrogen and oxygen atoms in total. The maximum Gasteiger partial charge on any atom is 0.342 e. The predicted octanol–water partition coefficient (Wildman–Crippen LogP) is 3.27. The van der Waals surface area contributed by atoms with Crippen LogP contribution in [-0.2, 0) is 14.3 Å². The zero-order valence-corrected chi connectivity index (χ0v) is 15.5. The highest BCUT2D eigenvalue weighted by Crippen LogP contribution is 2.25. The Kier molecular flexibility index (Phi) is 6.08. The molecule has 0 bridgehead atoms. The summed E-state index contributed by atoms with van der Waals surface area (Å²) >= 11 is 0. The van der Waals surface area contributed by atoms with Crippen LogP contribution in [0.4, 0.5) is 0 Å². The number of para-hydroxylation sites is 2. The Labute approximate surface area is 158 Å². The fourth-order valence-corrected chi connectivity index (χ4v) is 3.02. The third-order valence-electron chi connectivity index (χ3n) is 4.18. The van der Waals surface area contributed by atoms with Crippen molar-refractivity contribution < 1.29 is 23.8 Å². The molecule has 0 N–H and O–H groups in total. The molecule has 27 heavy (non-hydrogen) atoms. The summed E-state index contributed by atoms with van der Waals surface area (Å²) in [5.41, 5.74) is 0.276. The van der Waals surface area contributed by atoms with E-state index in [0.29, 0.717) is 24.6 Å². The number of nitrogens with zero attached hydrogens (tertiary/aromatic N) is 1. The minimum atomic E-state index is -0.593. The predicted molar refractivity (Wildman–Crippen MR) is 99.8 cm³/mol. The third kappa shape index (κ3) is 5.08. The largest absolute Gasteiger partial charge is 0.456 e. The molecule has 1 fully saturated rings. The van der Waals surface area contributed by atoms with Gasteiger partial charge in [-0.1, -0.05) is 30.3 Å². The standard InChI is InChI=1S/C21H23NO5/c1-15-12-22(13-16(2)26-15)20(23)14-25-21(24)18-10-6-7-11-19(18)27-17-8-4-3-5-9-17/h3-11,15-16H,12-14H2,1-2H3/t15-,16-/m1/s1. The lowest BCUT2D eigenvalue weighted by Gasteiger charge is -2.35. The van der Waals surface area contributed by atoms with E-state index in [1.165, 1.54) is 0 Å². The van der Waals surface area contributed by atoms with Gasteiger partial charge in [0.05, 0.1) is 12.2 Å². The summed E-state index contributed by atoms with van der Waals surface area (Å²) in [7, 11) is 0.